The zero-order valence-electron chi connectivity index (χ0n) is 10.8. The maximum absolute atomic E-state index is 11.8. The van der Waals surface area contributed by atoms with Crippen molar-refractivity contribution in [2.24, 2.45) is 5.92 Å². The van der Waals surface area contributed by atoms with E-state index in [1.165, 1.54) is 4.90 Å². The topological polar surface area (TPSA) is 82.8 Å². The van der Waals surface area contributed by atoms with Gasteiger partial charge in [-0.2, -0.15) is 0 Å². The molecule has 1 aromatic rings. The van der Waals surface area contributed by atoms with Gasteiger partial charge < -0.3 is 19.7 Å². The van der Waals surface area contributed by atoms with Gasteiger partial charge >= 0.3 is 12.0 Å². The Hall–Kier alpha value is -1.98. The lowest BCUT2D eigenvalue weighted by Gasteiger charge is -2.37. The van der Waals surface area contributed by atoms with Crippen LogP contribution in [0.25, 0.3) is 0 Å². The fourth-order valence-corrected chi connectivity index (χ4v) is 1.99. The molecule has 1 aromatic heterocycles. The van der Waals surface area contributed by atoms with Crippen molar-refractivity contribution in [1.29, 1.82) is 0 Å². The summed E-state index contributed by atoms with van der Waals surface area (Å²) in [5.41, 5.74) is 0. The second-order valence-corrected chi connectivity index (χ2v) is 4.91. The van der Waals surface area contributed by atoms with Crippen LogP contribution in [0.1, 0.15) is 19.1 Å². The largest absolute Gasteiger partial charge is 0.481 e. The Morgan fingerprint density at radius 1 is 1.58 bits per heavy atom. The molecule has 104 valence electrons. The molecular formula is C13H18N2O4. The van der Waals surface area contributed by atoms with Crippen LogP contribution in [0.2, 0.25) is 0 Å². The number of carboxylic acid groups (broad SMARTS) is 1. The molecule has 0 bridgehead atoms. The number of nitrogens with zero attached hydrogens (tertiary/aromatic N) is 1. The van der Waals surface area contributed by atoms with E-state index in [9.17, 15) is 9.59 Å². The number of rotatable bonds is 5. The summed E-state index contributed by atoms with van der Waals surface area (Å²) in [4.78, 5) is 23.9. The van der Waals surface area contributed by atoms with Crippen molar-refractivity contribution >= 4 is 12.0 Å². The van der Waals surface area contributed by atoms with E-state index in [2.05, 4.69) is 5.32 Å². The van der Waals surface area contributed by atoms with Crippen molar-refractivity contribution in [1.82, 2.24) is 10.2 Å². The second-order valence-electron chi connectivity index (χ2n) is 4.91. The number of likely N-dealkylation sites (tertiary alicyclic amines) is 1. The molecule has 2 amide bonds. The van der Waals surface area contributed by atoms with Crippen molar-refractivity contribution in [3.8, 4) is 0 Å². The monoisotopic (exact) mass is 266 g/mol. The highest BCUT2D eigenvalue weighted by Crippen LogP contribution is 2.15. The van der Waals surface area contributed by atoms with Crippen LogP contribution in [-0.2, 0) is 11.2 Å². The van der Waals surface area contributed by atoms with Crippen LogP contribution in [0.3, 0.4) is 0 Å². The van der Waals surface area contributed by atoms with Gasteiger partial charge in [0.15, 0.2) is 0 Å². The second kappa shape index (κ2) is 5.77. The minimum absolute atomic E-state index is 0.0291. The Labute approximate surface area is 111 Å². The lowest BCUT2D eigenvalue weighted by molar-refractivity contribution is -0.146. The lowest BCUT2D eigenvalue weighted by Crippen LogP contribution is -2.57. The molecule has 1 aliphatic rings. The highest BCUT2D eigenvalue weighted by molar-refractivity contribution is 5.79. The zero-order valence-corrected chi connectivity index (χ0v) is 10.8. The molecule has 6 nitrogen and oxygen atoms in total. The van der Waals surface area contributed by atoms with E-state index in [0.29, 0.717) is 13.1 Å². The average molecular weight is 266 g/mol. The quantitative estimate of drug-likeness (QED) is 0.842. The summed E-state index contributed by atoms with van der Waals surface area (Å²) in [5, 5.41) is 11.6. The Morgan fingerprint density at radius 3 is 2.89 bits per heavy atom. The number of carboxylic acids is 1. The molecule has 2 N–H and O–H groups in total. The normalized spacial score (nSPS) is 16.8. The molecule has 1 atom stereocenters. The third kappa shape index (κ3) is 3.49. The molecular weight excluding hydrogens is 248 g/mol. The van der Waals surface area contributed by atoms with Gasteiger partial charge in [-0.15, -0.1) is 0 Å². The number of carbonyl (C=O) groups is 2. The van der Waals surface area contributed by atoms with E-state index in [1.54, 1.807) is 6.26 Å². The summed E-state index contributed by atoms with van der Waals surface area (Å²) in [7, 11) is 0. The molecule has 0 aromatic carbocycles. The van der Waals surface area contributed by atoms with Gasteiger partial charge in [0.05, 0.1) is 12.2 Å². The summed E-state index contributed by atoms with van der Waals surface area (Å²) in [5.74, 6) is -0.352. The standard InChI is InChI=1S/C13H18N2O4/c1-9(4-5-11-3-2-6-19-11)14-13(18)15-7-10(8-15)12(16)17/h2-3,6,9-10H,4-5,7-8H2,1H3,(H,14,18)(H,16,17). The van der Waals surface area contributed by atoms with Crippen molar-refractivity contribution in [3.05, 3.63) is 24.2 Å². The first-order chi connectivity index (χ1) is 9.06. The minimum atomic E-state index is -0.838. The Bertz CT molecular complexity index is 438. The number of hydrogen-bond acceptors (Lipinski definition) is 3. The number of nitrogens with one attached hydrogen (secondary N) is 1. The third-order valence-corrected chi connectivity index (χ3v) is 3.29. The van der Waals surface area contributed by atoms with E-state index in [1.807, 2.05) is 19.1 Å². The summed E-state index contributed by atoms with van der Waals surface area (Å²) < 4.78 is 5.22. The van der Waals surface area contributed by atoms with Crippen LogP contribution >= 0.6 is 0 Å². The molecule has 1 unspecified atom stereocenters. The molecule has 2 heterocycles. The molecule has 0 saturated carbocycles. The smallest absolute Gasteiger partial charge is 0.317 e. The van der Waals surface area contributed by atoms with Crippen molar-refractivity contribution < 1.29 is 19.1 Å². The maximum atomic E-state index is 11.8. The van der Waals surface area contributed by atoms with Crippen LogP contribution in [-0.4, -0.2) is 41.1 Å². The molecule has 2 rings (SSSR count). The van der Waals surface area contributed by atoms with Crippen LogP contribution in [0.4, 0.5) is 4.79 Å². The summed E-state index contributed by atoms with van der Waals surface area (Å²) >= 11 is 0. The van der Waals surface area contributed by atoms with Gasteiger partial charge in [-0.3, -0.25) is 4.79 Å². The molecule has 0 radical (unpaired) electrons. The van der Waals surface area contributed by atoms with Gasteiger partial charge in [0, 0.05) is 25.6 Å². The average Bonchev–Trinajstić information content (AvgIpc) is 2.76. The van der Waals surface area contributed by atoms with E-state index in [4.69, 9.17) is 9.52 Å². The fraction of sp³-hybridized carbons (Fsp3) is 0.538. The van der Waals surface area contributed by atoms with Gasteiger partial charge in [-0.05, 0) is 25.5 Å². The van der Waals surface area contributed by atoms with Crippen LogP contribution in [0, 0.1) is 5.92 Å². The Kier molecular flexibility index (Phi) is 4.09. The predicted molar refractivity (Wildman–Crippen MR) is 67.7 cm³/mol. The predicted octanol–water partition coefficient (Wildman–Crippen LogP) is 1.33. The highest BCUT2D eigenvalue weighted by Gasteiger charge is 2.35. The number of carbonyl (C=O) groups excluding carboxylic acids is 1. The van der Waals surface area contributed by atoms with Gasteiger partial charge in [0.25, 0.3) is 0 Å². The van der Waals surface area contributed by atoms with E-state index in [0.717, 1.165) is 18.6 Å². The highest BCUT2D eigenvalue weighted by atomic mass is 16.4. The summed E-state index contributed by atoms with van der Waals surface area (Å²) in [6.07, 6.45) is 3.19. The van der Waals surface area contributed by atoms with E-state index >= 15 is 0 Å². The lowest BCUT2D eigenvalue weighted by atomic mass is 10.0. The summed E-state index contributed by atoms with van der Waals surface area (Å²) in [6, 6.07) is 3.58. The Balaban J connectivity index is 1.66. The SMILES string of the molecule is CC(CCc1ccco1)NC(=O)N1CC(C(=O)O)C1. The minimum Gasteiger partial charge on any atom is -0.481 e. The van der Waals surface area contributed by atoms with Gasteiger partial charge in [0.2, 0.25) is 0 Å². The van der Waals surface area contributed by atoms with E-state index < -0.39 is 11.9 Å². The van der Waals surface area contributed by atoms with Crippen LogP contribution < -0.4 is 5.32 Å². The number of furan rings is 1. The molecule has 0 spiro atoms. The number of aryl methyl sites for hydroxylation is 1. The molecule has 0 aliphatic carbocycles. The number of hydrogen-bond donors (Lipinski definition) is 2. The fourth-order valence-electron chi connectivity index (χ4n) is 1.99. The number of aliphatic carboxylic acids is 1. The third-order valence-electron chi connectivity index (χ3n) is 3.29. The van der Waals surface area contributed by atoms with Crippen molar-refractivity contribution in [3.63, 3.8) is 0 Å². The van der Waals surface area contributed by atoms with E-state index in [-0.39, 0.29) is 12.1 Å². The Morgan fingerprint density at radius 2 is 2.32 bits per heavy atom. The molecule has 1 aliphatic heterocycles. The first-order valence-electron chi connectivity index (χ1n) is 6.37. The maximum Gasteiger partial charge on any atom is 0.317 e. The summed E-state index contributed by atoms with van der Waals surface area (Å²) in [6.45, 7) is 2.52. The number of urea groups is 1. The van der Waals surface area contributed by atoms with Gasteiger partial charge in [-0.1, -0.05) is 0 Å². The molecule has 1 saturated heterocycles. The first-order valence-corrected chi connectivity index (χ1v) is 6.37. The zero-order chi connectivity index (χ0) is 13.8. The molecule has 19 heavy (non-hydrogen) atoms. The number of amides is 2. The van der Waals surface area contributed by atoms with Crippen molar-refractivity contribution in [2.45, 2.75) is 25.8 Å². The van der Waals surface area contributed by atoms with Crippen LogP contribution in [0.5, 0.6) is 0 Å². The van der Waals surface area contributed by atoms with Crippen molar-refractivity contribution in [2.75, 3.05) is 13.1 Å². The van der Waals surface area contributed by atoms with Gasteiger partial charge in [-0.25, -0.2) is 4.79 Å². The molecule has 1 fully saturated rings. The van der Waals surface area contributed by atoms with Crippen LogP contribution in [0.15, 0.2) is 22.8 Å². The first kappa shape index (κ1) is 13.5. The van der Waals surface area contributed by atoms with Gasteiger partial charge in [0.1, 0.15) is 5.76 Å². The molecule has 6 heteroatoms.